The Balaban J connectivity index is 2.61. The van der Waals surface area contributed by atoms with Crippen LogP contribution in [0.15, 0.2) is 0 Å². The molecule has 0 unspecified atom stereocenters. The summed E-state index contributed by atoms with van der Waals surface area (Å²) in [4.78, 5) is 21.1. The maximum Gasteiger partial charge on any atom is 0.318 e. The first kappa shape index (κ1) is 14.9. The molecule has 0 aromatic heterocycles. The fourth-order valence-electron chi connectivity index (χ4n) is 1.78. The highest BCUT2D eigenvalue weighted by Gasteiger charge is 2.28. The minimum Gasteiger partial charge on any atom is -0.480 e. The van der Waals surface area contributed by atoms with Gasteiger partial charge in [0.05, 0.1) is 5.75 Å². The maximum absolute atomic E-state index is 11.8. The molecule has 1 fully saturated rings. The van der Waals surface area contributed by atoms with Crippen LogP contribution in [0.2, 0.25) is 0 Å². The van der Waals surface area contributed by atoms with Crippen molar-refractivity contribution in [3.63, 3.8) is 0 Å². The van der Waals surface area contributed by atoms with E-state index in [-0.39, 0.29) is 5.75 Å². The average molecular weight is 279 g/mol. The van der Waals surface area contributed by atoms with Crippen molar-refractivity contribution in [2.45, 2.75) is 25.7 Å². The number of aliphatic carboxylic acids is 2. The molecule has 1 aliphatic carbocycles. The van der Waals surface area contributed by atoms with Crippen LogP contribution in [-0.2, 0) is 19.6 Å². The Morgan fingerprint density at radius 2 is 1.61 bits per heavy atom. The summed E-state index contributed by atoms with van der Waals surface area (Å²) in [5, 5.41) is 17.2. The highest BCUT2D eigenvalue weighted by molar-refractivity contribution is 7.89. The molecule has 7 nitrogen and oxygen atoms in total. The van der Waals surface area contributed by atoms with E-state index in [9.17, 15) is 18.0 Å². The van der Waals surface area contributed by atoms with Gasteiger partial charge in [-0.15, -0.1) is 0 Å². The van der Waals surface area contributed by atoms with Crippen LogP contribution in [0.4, 0.5) is 0 Å². The molecule has 1 aliphatic rings. The van der Waals surface area contributed by atoms with E-state index in [1.165, 1.54) is 0 Å². The lowest BCUT2D eigenvalue weighted by atomic mass is 9.84. The molecule has 0 radical (unpaired) electrons. The predicted octanol–water partition coefficient (Wildman–Crippen LogP) is -0.0224. The van der Waals surface area contributed by atoms with Crippen molar-refractivity contribution in [3.05, 3.63) is 0 Å². The predicted molar refractivity (Wildman–Crippen MR) is 62.6 cm³/mol. The number of hydrogen-bond acceptors (Lipinski definition) is 4. The number of carboxylic acid groups (broad SMARTS) is 2. The second-order valence-electron chi connectivity index (χ2n) is 4.46. The van der Waals surface area contributed by atoms with Gasteiger partial charge < -0.3 is 10.2 Å². The molecule has 1 saturated carbocycles. The number of carbonyl (C=O) groups is 2. The van der Waals surface area contributed by atoms with Gasteiger partial charge >= 0.3 is 11.9 Å². The van der Waals surface area contributed by atoms with Crippen LogP contribution >= 0.6 is 0 Å². The summed E-state index contributed by atoms with van der Waals surface area (Å²) < 4.78 is 24.2. The third kappa shape index (κ3) is 4.61. The Labute approximate surface area is 105 Å². The normalized spacial score (nSPS) is 16.5. The lowest BCUT2D eigenvalue weighted by Crippen LogP contribution is -2.41. The van der Waals surface area contributed by atoms with Gasteiger partial charge in [0.2, 0.25) is 10.0 Å². The van der Waals surface area contributed by atoms with E-state index in [0.717, 1.165) is 19.3 Å². The molecule has 104 valence electrons. The van der Waals surface area contributed by atoms with Gasteiger partial charge in [0.25, 0.3) is 0 Å². The van der Waals surface area contributed by atoms with Gasteiger partial charge in [0, 0.05) is 0 Å². The van der Waals surface area contributed by atoms with Crippen LogP contribution in [0.5, 0.6) is 0 Å². The average Bonchev–Trinajstić information content (AvgIpc) is 2.12. The van der Waals surface area contributed by atoms with Crippen LogP contribution in [-0.4, -0.2) is 53.7 Å². The molecular weight excluding hydrogens is 262 g/mol. The summed E-state index contributed by atoms with van der Waals surface area (Å²) in [6, 6.07) is 0. The summed E-state index contributed by atoms with van der Waals surface area (Å²) in [5.74, 6) is -2.53. The Bertz CT molecular complexity index is 398. The zero-order chi connectivity index (χ0) is 13.8. The molecule has 0 spiro atoms. The molecule has 0 atom stereocenters. The van der Waals surface area contributed by atoms with Crippen molar-refractivity contribution in [1.82, 2.24) is 4.31 Å². The van der Waals surface area contributed by atoms with Crippen LogP contribution in [0.25, 0.3) is 0 Å². The number of sulfonamides is 1. The van der Waals surface area contributed by atoms with Gasteiger partial charge in [-0.1, -0.05) is 19.3 Å². The van der Waals surface area contributed by atoms with Crippen LogP contribution < -0.4 is 0 Å². The van der Waals surface area contributed by atoms with Crippen molar-refractivity contribution in [1.29, 1.82) is 0 Å². The van der Waals surface area contributed by atoms with Crippen LogP contribution in [0, 0.1) is 5.92 Å². The third-order valence-corrected chi connectivity index (χ3v) is 4.82. The zero-order valence-electron chi connectivity index (χ0n) is 9.91. The molecule has 0 saturated heterocycles. The van der Waals surface area contributed by atoms with E-state index >= 15 is 0 Å². The lowest BCUT2D eigenvalue weighted by Gasteiger charge is -2.26. The van der Waals surface area contributed by atoms with Crippen molar-refractivity contribution in [2.75, 3.05) is 18.8 Å². The smallest absolute Gasteiger partial charge is 0.318 e. The first-order valence-corrected chi connectivity index (χ1v) is 7.33. The molecule has 2 N–H and O–H groups in total. The number of carboxylic acids is 2. The first-order valence-electron chi connectivity index (χ1n) is 5.72. The first-order chi connectivity index (χ1) is 8.31. The monoisotopic (exact) mass is 279 g/mol. The van der Waals surface area contributed by atoms with Gasteiger partial charge in [-0.05, 0) is 12.3 Å². The Hall–Kier alpha value is -1.15. The fraction of sp³-hybridized carbons (Fsp3) is 0.800. The van der Waals surface area contributed by atoms with E-state index in [1.807, 2.05) is 0 Å². The highest BCUT2D eigenvalue weighted by Crippen LogP contribution is 2.29. The molecule has 0 aromatic rings. The highest BCUT2D eigenvalue weighted by atomic mass is 32.2. The zero-order valence-corrected chi connectivity index (χ0v) is 10.7. The van der Waals surface area contributed by atoms with Crippen LogP contribution in [0.1, 0.15) is 25.7 Å². The van der Waals surface area contributed by atoms with E-state index in [2.05, 4.69) is 0 Å². The molecule has 0 heterocycles. The number of hydrogen-bond donors (Lipinski definition) is 2. The summed E-state index contributed by atoms with van der Waals surface area (Å²) >= 11 is 0. The summed E-state index contributed by atoms with van der Waals surface area (Å²) in [6.45, 7) is -1.61. The van der Waals surface area contributed by atoms with Gasteiger partial charge in [-0.25, -0.2) is 8.42 Å². The Morgan fingerprint density at radius 1 is 1.11 bits per heavy atom. The van der Waals surface area contributed by atoms with Crippen molar-refractivity contribution in [3.8, 4) is 0 Å². The minimum atomic E-state index is -3.81. The van der Waals surface area contributed by atoms with Crippen molar-refractivity contribution < 1.29 is 28.2 Å². The summed E-state index contributed by atoms with van der Waals surface area (Å²) in [5.41, 5.74) is 0. The lowest BCUT2D eigenvalue weighted by molar-refractivity contribution is -0.139. The fourth-order valence-corrected chi connectivity index (χ4v) is 3.28. The molecule has 1 rings (SSSR count). The molecule has 18 heavy (non-hydrogen) atoms. The Morgan fingerprint density at radius 3 is 1.94 bits per heavy atom. The number of rotatable bonds is 8. The quantitative estimate of drug-likeness (QED) is 0.645. The molecule has 0 amide bonds. The topological polar surface area (TPSA) is 112 Å². The number of nitrogens with zero attached hydrogens (tertiary/aromatic N) is 1. The van der Waals surface area contributed by atoms with E-state index in [0.29, 0.717) is 16.6 Å². The van der Waals surface area contributed by atoms with E-state index in [4.69, 9.17) is 10.2 Å². The third-order valence-electron chi connectivity index (χ3n) is 3.03. The summed E-state index contributed by atoms with van der Waals surface area (Å²) in [7, 11) is -3.81. The molecule has 8 heteroatoms. The molecule has 0 aliphatic heterocycles. The second-order valence-corrected chi connectivity index (χ2v) is 6.55. The molecular formula is C10H17NO6S. The standard InChI is InChI=1S/C10H17NO6S/c12-9(13)6-11(7-10(14)15)18(16,17)5-4-8-2-1-3-8/h8H,1-7H2,(H,12,13)(H,14,15). The van der Waals surface area contributed by atoms with Gasteiger partial charge in [0.15, 0.2) is 0 Å². The SMILES string of the molecule is O=C(O)CN(CC(=O)O)S(=O)(=O)CCC1CCC1. The second kappa shape index (κ2) is 6.14. The van der Waals surface area contributed by atoms with Gasteiger partial charge in [-0.3, -0.25) is 9.59 Å². The summed E-state index contributed by atoms with van der Waals surface area (Å²) in [6.07, 6.45) is 3.55. The largest absolute Gasteiger partial charge is 0.480 e. The molecule has 0 bridgehead atoms. The molecule has 0 aromatic carbocycles. The van der Waals surface area contributed by atoms with Crippen LogP contribution in [0.3, 0.4) is 0 Å². The van der Waals surface area contributed by atoms with Crippen molar-refractivity contribution >= 4 is 22.0 Å². The Kier molecular flexibility index (Phi) is 5.09. The maximum atomic E-state index is 11.8. The van der Waals surface area contributed by atoms with E-state index in [1.54, 1.807) is 0 Å². The minimum absolute atomic E-state index is 0.182. The van der Waals surface area contributed by atoms with E-state index < -0.39 is 35.1 Å². The van der Waals surface area contributed by atoms with Gasteiger partial charge in [0.1, 0.15) is 13.1 Å². The van der Waals surface area contributed by atoms with Gasteiger partial charge in [-0.2, -0.15) is 4.31 Å². The van der Waals surface area contributed by atoms with Crippen molar-refractivity contribution in [2.24, 2.45) is 5.92 Å².